The molecule has 1 unspecified atom stereocenters. The largest absolute Gasteiger partial charge is 0.462 e. The number of esters is 3. The smallest absolute Gasteiger partial charge is 0.306 e. The highest BCUT2D eigenvalue weighted by Gasteiger charge is 2.19. The van der Waals surface area contributed by atoms with Crippen LogP contribution in [0.2, 0.25) is 0 Å². The van der Waals surface area contributed by atoms with Crippen molar-refractivity contribution in [2.45, 2.75) is 335 Å². The molecule has 6 heteroatoms. The van der Waals surface area contributed by atoms with Gasteiger partial charge in [0.25, 0.3) is 0 Å². The van der Waals surface area contributed by atoms with E-state index in [4.69, 9.17) is 14.2 Å². The Morgan fingerprint density at radius 2 is 0.507 bits per heavy atom. The minimum atomic E-state index is -0.776. The quantitative estimate of drug-likeness (QED) is 0.0261. The lowest BCUT2D eigenvalue weighted by atomic mass is 10.0. The summed E-state index contributed by atoms with van der Waals surface area (Å²) in [4.78, 5) is 38.2. The van der Waals surface area contributed by atoms with Crippen LogP contribution in [0.4, 0.5) is 0 Å². The van der Waals surface area contributed by atoms with E-state index >= 15 is 0 Å². The molecule has 0 aromatic carbocycles. The maximum atomic E-state index is 12.9. The van der Waals surface area contributed by atoms with Crippen molar-refractivity contribution in [2.75, 3.05) is 13.2 Å². The molecule has 0 fully saturated rings. The number of carbonyl (C=O) groups is 3. The zero-order valence-corrected chi connectivity index (χ0v) is 47.5. The van der Waals surface area contributed by atoms with Gasteiger partial charge < -0.3 is 14.2 Å². The van der Waals surface area contributed by atoms with Crippen molar-refractivity contribution in [3.05, 3.63) is 48.6 Å². The van der Waals surface area contributed by atoms with Crippen LogP contribution < -0.4 is 0 Å². The van der Waals surface area contributed by atoms with E-state index < -0.39 is 6.10 Å². The SMILES string of the molecule is CCCCCC/C=C\CCCCCCCC(=O)OCC(COC(=O)CCCCCCCCCCCC/C=C\C/C=C\C/C=C\CCCCCCC)OC(=O)CCCCCCCCCCCCCCCCC. The van der Waals surface area contributed by atoms with Gasteiger partial charge in [-0.1, -0.05) is 275 Å². The molecule has 0 radical (unpaired) electrons. The van der Waals surface area contributed by atoms with Gasteiger partial charge in [-0.25, -0.2) is 0 Å². The van der Waals surface area contributed by atoms with Crippen LogP contribution in [0.25, 0.3) is 0 Å². The molecule has 0 N–H and O–H groups in total. The monoisotopic (exact) mass is 995 g/mol. The van der Waals surface area contributed by atoms with Crippen LogP contribution in [-0.4, -0.2) is 37.2 Å². The van der Waals surface area contributed by atoms with E-state index in [-0.39, 0.29) is 31.1 Å². The Hall–Kier alpha value is -2.63. The summed E-state index contributed by atoms with van der Waals surface area (Å²) in [6, 6.07) is 0. The molecular weight excluding hydrogens is 877 g/mol. The third-order valence-electron chi connectivity index (χ3n) is 13.8. The molecule has 6 nitrogen and oxygen atoms in total. The Morgan fingerprint density at radius 1 is 0.282 bits per heavy atom. The van der Waals surface area contributed by atoms with E-state index in [0.717, 1.165) is 77.0 Å². The molecule has 0 bridgehead atoms. The molecule has 0 saturated carbocycles. The predicted molar refractivity (Wildman–Crippen MR) is 307 cm³/mol. The second kappa shape index (κ2) is 59.9. The zero-order valence-electron chi connectivity index (χ0n) is 47.5. The number of ether oxygens (including phenoxy) is 3. The summed E-state index contributed by atoms with van der Waals surface area (Å²) in [6.07, 6.45) is 73.9. The van der Waals surface area contributed by atoms with Crippen molar-refractivity contribution in [1.29, 1.82) is 0 Å². The van der Waals surface area contributed by atoms with Crippen molar-refractivity contribution < 1.29 is 28.6 Å². The normalized spacial score (nSPS) is 12.3. The van der Waals surface area contributed by atoms with Crippen molar-refractivity contribution in [1.82, 2.24) is 0 Å². The molecule has 0 aliphatic carbocycles. The summed E-state index contributed by atoms with van der Waals surface area (Å²) in [5.41, 5.74) is 0. The van der Waals surface area contributed by atoms with Gasteiger partial charge in [-0.05, 0) is 83.5 Å². The van der Waals surface area contributed by atoms with Gasteiger partial charge in [-0.3, -0.25) is 14.4 Å². The summed E-state index contributed by atoms with van der Waals surface area (Å²) in [6.45, 7) is 6.65. The van der Waals surface area contributed by atoms with Gasteiger partial charge >= 0.3 is 17.9 Å². The highest BCUT2D eigenvalue weighted by atomic mass is 16.6. The first-order chi connectivity index (χ1) is 35.0. The minimum Gasteiger partial charge on any atom is -0.462 e. The van der Waals surface area contributed by atoms with E-state index in [1.807, 2.05) is 0 Å². The molecule has 0 saturated heterocycles. The topological polar surface area (TPSA) is 78.9 Å². The number of rotatable bonds is 57. The Labute approximate surface area is 441 Å². The zero-order chi connectivity index (χ0) is 51.4. The lowest BCUT2D eigenvalue weighted by Crippen LogP contribution is -2.30. The van der Waals surface area contributed by atoms with Crippen molar-refractivity contribution in [2.24, 2.45) is 0 Å². The maximum absolute atomic E-state index is 12.9. The standard InChI is InChI=1S/C65H118O6/c1-4-7-10-13-16-19-22-25-27-28-29-30-31-32-33-34-35-36-38-40-43-46-49-52-55-58-64(67)70-61-62(60-69-63(66)57-54-51-48-45-42-39-24-21-18-15-12-9-6-3)71-65(68)59-56-53-50-47-44-41-37-26-23-20-17-14-11-8-5-2/h21-22,24-25,28-29,31-32,62H,4-20,23,26-27,30,33-61H2,1-3H3/b24-21-,25-22-,29-28-,32-31-. The van der Waals surface area contributed by atoms with Crippen molar-refractivity contribution in [3.8, 4) is 0 Å². The van der Waals surface area contributed by atoms with Gasteiger partial charge in [-0.2, -0.15) is 0 Å². The number of unbranched alkanes of at least 4 members (excludes halogenated alkanes) is 38. The molecule has 0 aliphatic rings. The first-order valence-corrected chi connectivity index (χ1v) is 31.1. The van der Waals surface area contributed by atoms with Gasteiger partial charge in [-0.15, -0.1) is 0 Å². The van der Waals surface area contributed by atoms with Crippen molar-refractivity contribution >= 4 is 17.9 Å². The molecule has 71 heavy (non-hydrogen) atoms. The number of hydrogen-bond donors (Lipinski definition) is 0. The summed E-state index contributed by atoms with van der Waals surface area (Å²) in [5, 5.41) is 0. The number of hydrogen-bond acceptors (Lipinski definition) is 6. The minimum absolute atomic E-state index is 0.0744. The lowest BCUT2D eigenvalue weighted by Gasteiger charge is -2.18. The van der Waals surface area contributed by atoms with Gasteiger partial charge in [0, 0.05) is 19.3 Å². The van der Waals surface area contributed by atoms with Crippen LogP contribution in [-0.2, 0) is 28.6 Å². The fourth-order valence-electron chi connectivity index (χ4n) is 9.09. The predicted octanol–water partition coefficient (Wildman–Crippen LogP) is 21.0. The molecule has 0 aromatic heterocycles. The molecule has 0 rings (SSSR count). The lowest BCUT2D eigenvalue weighted by molar-refractivity contribution is -0.167. The van der Waals surface area contributed by atoms with Crippen LogP contribution in [0.5, 0.6) is 0 Å². The Balaban J connectivity index is 4.27. The second-order valence-corrected chi connectivity index (χ2v) is 21.0. The highest BCUT2D eigenvalue weighted by molar-refractivity contribution is 5.71. The summed E-state index contributed by atoms with van der Waals surface area (Å²) in [7, 11) is 0. The second-order valence-electron chi connectivity index (χ2n) is 21.0. The summed E-state index contributed by atoms with van der Waals surface area (Å²) < 4.78 is 16.9. The van der Waals surface area contributed by atoms with Gasteiger partial charge in [0.1, 0.15) is 13.2 Å². The third-order valence-corrected chi connectivity index (χ3v) is 13.8. The van der Waals surface area contributed by atoms with Crippen LogP contribution >= 0.6 is 0 Å². The average Bonchev–Trinajstić information content (AvgIpc) is 3.37. The summed E-state index contributed by atoms with van der Waals surface area (Å²) >= 11 is 0. The van der Waals surface area contributed by atoms with E-state index in [2.05, 4.69) is 69.4 Å². The van der Waals surface area contributed by atoms with Gasteiger partial charge in [0.2, 0.25) is 0 Å². The van der Waals surface area contributed by atoms with Crippen LogP contribution in [0.3, 0.4) is 0 Å². The van der Waals surface area contributed by atoms with Crippen LogP contribution in [0.1, 0.15) is 329 Å². The molecule has 0 aromatic rings. The molecular formula is C65H118O6. The van der Waals surface area contributed by atoms with E-state index in [1.165, 1.54) is 212 Å². The Bertz CT molecular complexity index is 1230. The van der Waals surface area contributed by atoms with E-state index in [0.29, 0.717) is 19.3 Å². The van der Waals surface area contributed by atoms with Crippen LogP contribution in [0, 0.1) is 0 Å². The number of allylic oxidation sites excluding steroid dienone is 8. The van der Waals surface area contributed by atoms with E-state index in [1.54, 1.807) is 0 Å². The van der Waals surface area contributed by atoms with Gasteiger partial charge in [0.05, 0.1) is 0 Å². The molecule has 1 atom stereocenters. The van der Waals surface area contributed by atoms with E-state index in [9.17, 15) is 14.4 Å². The van der Waals surface area contributed by atoms with Crippen LogP contribution in [0.15, 0.2) is 48.6 Å². The maximum Gasteiger partial charge on any atom is 0.306 e. The van der Waals surface area contributed by atoms with Crippen molar-refractivity contribution in [3.63, 3.8) is 0 Å². The first-order valence-electron chi connectivity index (χ1n) is 31.1. The fourth-order valence-corrected chi connectivity index (χ4v) is 9.09. The molecule has 0 spiro atoms. The first kappa shape index (κ1) is 68.4. The van der Waals surface area contributed by atoms with Gasteiger partial charge in [0.15, 0.2) is 6.10 Å². The fraction of sp³-hybridized carbons (Fsp3) is 0.831. The molecule has 414 valence electrons. The summed E-state index contributed by atoms with van der Waals surface area (Å²) in [5.74, 6) is -0.869. The average molecular weight is 996 g/mol. The molecule has 0 amide bonds. The molecule has 0 heterocycles. The highest BCUT2D eigenvalue weighted by Crippen LogP contribution is 2.17. The number of carbonyl (C=O) groups excluding carboxylic acids is 3. The third kappa shape index (κ3) is 58.1. The Morgan fingerprint density at radius 3 is 0.817 bits per heavy atom. The Kier molecular flexibility index (Phi) is 57.7. The molecule has 0 aliphatic heterocycles.